The topological polar surface area (TPSA) is 42.7 Å². The molecule has 2 aromatic heterocycles. The molecule has 0 aliphatic rings. The van der Waals surface area contributed by atoms with Crippen LogP contribution in [0.4, 0.5) is 0 Å². The Balaban J connectivity index is 2.23. The summed E-state index contributed by atoms with van der Waals surface area (Å²) in [7, 11) is 1.90. The van der Waals surface area contributed by atoms with Crippen molar-refractivity contribution < 1.29 is 0 Å². The minimum atomic E-state index is 0.495. The van der Waals surface area contributed by atoms with Gasteiger partial charge in [-0.3, -0.25) is 4.68 Å². The third-order valence-electron chi connectivity index (χ3n) is 2.34. The van der Waals surface area contributed by atoms with E-state index >= 15 is 0 Å². The quantitative estimate of drug-likeness (QED) is 0.823. The maximum absolute atomic E-state index is 4.38. The van der Waals surface area contributed by atoms with Crippen molar-refractivity contribution in [1.82, 2.24) is 20.1 Å². The molecule has 80 valence electrons. The van der Waals surface area contributed by atoms with Crippen molar-refractivity contribution in [3.05, 3.63) is 24.0 Å². The molecule has 0 bridgehead atoms. The van der Waals surface area contributed by atoms with Gasteiger partial charge in [0, 0.05) is 31.2 Å². The van der Waals surface area contributed by atoms with E-state index in [1.807, 2.05) is 19.4 Å². The fraction of sp³-hybridized carbons (Fsp3) is 0.455. The van der Waals surface area contributed by atoms with Gasteiger partial charge in [0.05, 0.1) is 6.20 Å². The maximum atomic E-state index is 4.38. The second kappa shape index (κ2) is 3.98. The van der Waals surface area contributed by atoms with Crippen LogP contribution in [0.3, 0.4) is 0 Å². The second-order valence-electron chi connectivity index (χ2n) is 4.06. The van der Waals surface area contributed by atoms with Crippen LogP contribution in [0.5, 0.6) is 0 Å². The van der Waals surface area contributed by atoms with E-state index in [9.17, 15) is 0 Å². The molecule has 0 aliphatic heterocycles. The highest BCUT2D eigenvalue weighted by Crippen LogP contribution is 2.11. The summed E-state index contributed by atoms with van der Waals surface area (Å²) in [5.41, 5.74) is 2.13. The molecule has 1 N–H and O–H groups in total. The summed E-state index contributed by atoms with van der Waals surface area (Å²) in [5.74, 6) is 0. The lowest BCUT2D eigenvalue weighted by Crippen LogP contribution is -2.21. The Labute approximate surface area is 89.3 Å². The van der Waals surface area contributed by atoms with Crippen LogP contribution in [0.2, 0.25) is 0 Å². The van der Waals surface area contributed by atoms with Gasteiger partial charge in [-0.15, -0.1) is 0 Å². The van der Waals surface area contributed by atoms with Crippen molar-refractivity contribution in [2.75, 3.05) is 0 Å². The Hall–Kier alpha value is -1.42. The predicted molar refractivity (Wildman–Crippen MR) is 60.5 cm³/mol. The number of pyridine rings is 1. The summed E-state index contributed by atoms with van der Waals surface area (Å²) >= 11 is 0. The van der Waals surface area contributed by atoms with Crippen molar-refractivity contribution in [3.8, 4) is 0 Å². The number of rotatable bonds is 3. The monoisotopic (exact) mass is 204 g/mol. The molecule has 2 rings (SSSR count). The van der Waals surface area contributed by atoms with Crippen LogP contribution in [0.25, 0.3) is 11.0 Å². The highest BCUT2D eigenvalue weighted by molar-refractivity contribution is 5.74. The van der Waals surface area contributed by atoms with Gasteiger partial charge in [-0.2, -0.15) is 5.10 Å². The summed E-state index contributed by atoms with van der Waals surface area (Å²) in [5, 5.41) is 8.63. The summed E-state index contributed by atoms with van der Waals surface area (Å²) in [4.78, 5) is 4.38. The number of nitrogens with zero attached hydrogens (tertiary/aromatic N) is 3. The normalized spacial score (nSPS) is 11.5. The molecule has 0 radical (unpaired) electrons. The minimum absolute atomic E-state index is 0.495. The van der Waals surface area contributed by atoms with E-state index in [1.165, 1.54) is 5.56 Å². The molecule has 0 aliphatic carbocycles. The molecule has 2 aromatic rings. The van der Waals surface area contributed by atoms with E-state index in [1.54, 1.807) is 4.68 Å². The minimum Gasteiger partial charge on any atom is -0.310 e. The van der Waals surface area contributed by atoms with Gasteiger partial charge in [-0.25, -0.2) is 4.98 Å². The summed E-state index contributed by atoms with van der Waals surface area (Å²) < 4.78 is 1.79. The van der Waals surface area contributed by atoms with Crippen molar-refractivity contribution in [1.29, 1.82) is 0 Å². The molecular weight excluding hydrogens is 188 g/mol. The summed E-state index contributed by atoms with van der Waals surface area (Å²) in [6.45, 7) is 5.13. The van der Waals surface area contributed by atoms with Gasteiger partial charge in [-0.1, -0.05) is 13.8 Å². The van der Waals surface area contributed by atoms with Gasteiger partial charge in [0.1, 0.15) is 0 Å². The van der Waals surface area contributed by atoms with Crippen molar-refractivity contribution in [2.45, 2.75) is 26.4 Å². The van der Waals surface area contributed by atoms with Crippen molar-refractivity contribution in [2.24, 2.45) is 7.05 Å². The lowest BCUT2D eigenvalue weighted by molar-refractivity contribution is 0.588. The molecule has 4 nitrogen and oxygen atoms in total. The lowest BCUT2D eigenvalue weighted by Gasteiger charge is -2.07. The number of aromatic nitrogens is 3. The number of nitrogens with one attached hydrogen (secondary N) is 1. The van der Waals surface area contributed by atoms with Gasteiger partial charge in [0.2, 0.25) is 0 Å². The highest BCUT2D eigenvalue weighted by atomic mass is 15.3. The molecule has 4 heteroatoms. The standard InChI is InChI=1S/C11H16N4/c1-8(2)12-5-9-4-10-7-14-15(3)11(10)13-6-9/h4,6-8,12H,5H2,1-3H3. The van der Waals surface area contributed by atoms with Gasteiger partial charge >= 0.3 is 0 Å². The van der Waals surface area contributed by atoms with Crippen LogP contribution in [-0.4, -0.2) is 20.8 Å². The number of fused-ring (bicyclic) bond motifs is 1. The molecule has 0 saturated carbocycles. The predicted octanol–water partition coefficient (Wildman–Crippen LogP) is 1.47. The van der Waals surface area contributed by atoms with Crippen LogP contribution in [0.15, 0.2) is 18.5 Å². The Bertz CT molecular complexity index is 459. The van der Waals surface area contributed by atoms with E-state index in [2.05, 4.69) is 35.3 Å². The first-order chi connectivity index (χ1) is 7.16. The Morgan fingerprint density at radius 3 is 2.93 bits per heavy atom. The Morgan fingerprint density at radius 1 is 1.40 bits per heavy atom. The molecule has 0 unspecified atom stereocenters. The van der Waals surface area contributed by atoms with Gasteiger partial charge in [-0.05, 0) is 11.6 Å². The zero-order valence-electron chi connectivity index (χ0n) is 9.36. The average Bonchev–Trinajstić information content (AvgIpc) is 2.57. The fourth-order valence-electron chi connectivity index (χ4n) is 1.51. The van der Waals surface area contributed by atoms with Crippen LogP contribution >= 0.6 is 0 Å². The summed E-state index contributed by atoms with van der Waals surface area (Å²) in [6, 6.07) is 2.62. The SMILES string of the molecule is CC(C)NCc1cnc2c(cnn2C)c1. The molecule has 0 aromatic carbocycles. The number of hydrogen-bond donors (Lipinski definition) is 1. The van der Waals surface area contributed by atoms with Crippen LogP contribution < -0.4 is 5.32 Å². The van der Waals surface area contributed by atoms with Gasteiger partial charge < -0.3 is 5.32 Å². The van der Waals surface area contributed by atoms with Crippen molar-refractivity contribution >= 4 is 11.0 Å². The first-order valence-electron chi connectivity index (χ1n) is 5.17. The largest absolute Gasteiger partial charge is 0.310 e. The number of aryl methyl sites for hydroxylation is 1. The number of hydrogen-bond acceptors (Lipinski definition) is 3. The molecule has 0 amide bonds. The average molecular weight is 204 g/mol. The molecule has 0 saturated heterocycles. The van der Waals surface area contributed by atoms with E-state index in [0.717, 1.165) is 17.6 Å². The van der Waals surface area contributed by atoms with Gasteiger partial charge in [0.25, 0.3) is 0 Å². The molecular formula is C11H16N4. The third-order valence-corrected chi connectivity index (χ3v) is 2.34. The third kappa shape index (κ3) is 2.15. The molecule has 2 heterocycles. The van der Waals surface area contributed by atoms with Crippen LogP contribution in [-0.2, 0) is 13.6 Å². The van der Waals surface area contributed by atoms with Gasteiger partial charge in [0.15, 0.2) is 5.65 Å². The van der Waals surface area contributed by atoms with E-state index < -0.39 is 0 Å². The molecule has 0 spiro atoms. The molecule has 0 atom stereocenters. The first-order valence-corrected chi connectivity index (χ1v) is 5.17. The smallest absolute Gasteiger partial charge is 0.157 e. The van der Waals surface area contributed by atoms with Crippen LogP contribution in [0.1, 0.15) is 19.4 Å². The first kappa shape index (κ1) is 10.1. The summed E-state index contributed by atoms with van der Waals surface area (Å²) in [6.07, 6.45) is 3.75. The fourth-order valence-corrected chi connectivity index (χ4v) is 1.51. The maximum Gasteiger partial charge on any atom is 0.157 e. The zero-order valence-corrected chi connectivity index (χ0v) is 9.36. The van der Waals surface area contributed by atoms with E-state index in [0.29, 0.717) is 6.04 Å². The zero-order chi connectivity index (χ0) is 10.8. The molecule has 0 fully saturated rings. The van der Waals surface area contributed by atoms with Crippen molar-refractivity contribution in [3.63, 3.8) is 0 Å². The highest BCUT2D eigenvalue weighted by Gasteiger charge is 2.02. The Morgan fingerprint density at radius 2 is 2.20 bits per heavy atom. The van der Waals surface area contributed by atoms with E-state index in [4.69, 9.17) is 0 Å². The van der Waals surface area contributed by atoms with Crippen LogP contribution in [0, 0.1) is 0 Å². The Kier molecular flexibility index (Phi) is 2.68. The second-order valence-corrected chi connectivity index (χ2v) is 4.06. The van der Waals surface area contributed by atoms with E-state index in [-0.39, 0.29) is 0 Å². The lowest BCUT2D eigenvalue weighted by atomic mass is 10.2. The molecule has 15 heavy (non-hydrogen) atoms.